The fourth-order valence-corrected chi connectivity index (χ4v) is 1.09. The van der Waals surface area contributed by atoms with Gasteiger partial charge >= 0.3 is 0 Å². The summed E-state index contributed by atoms with van der Waals surface area (Å²) in [4.78, 5) is 0. The molecule has 0 aromatic carbocycles. The highest BCUT2D eigenvalue weighted by Crippen LogP contribution is 2.19. The molecular weight excluding hydrogens is 136 g/mol. The molecule has 0 amide bonds. The average molecular weight is 148 g/mol. The van der Waals surface area contributed by atoms with Crippen molar-refractivity contribution in [2.75, 3.05) is 6.61 Å². The minimum absolute atomic E-state index is 0.247. The Morgan fingerprint density at radius 2 is 1.90 bits per heavy atom. The van der Waals surface area contributed by atoms with Crippen molar-refractivity contribution < 1.29 is 20.1 Å². The van der Waals surface area contributed by atoms with Crippen LogP contribution in [-0.4, -0.2) is 46.3 Å². The quantitative estimate of drug-likeness (QED) is 0.422. The predicted molar refractivity (Wildman–Crippen MR) is 33.4 cm³/mol. The third kappa shape index (κ3) is 1.15. The summed E-state index contributed by atoms with van der Waals surface area (Å²) in [6, 6.07) is 0. The van der Waals surface area contributed by atoms with Gasteiger partial charge in [0.2, 0.25) is 0 Å². The molecule has 1 rings (SSSR count). The second-order valence-corrected chi connectivity index (χ2v) is 2.54. The van der Waals surface area contributed by atoms with E-state index < -0.39 is 18.3 Å². The van der Waals surface area contributed by atoms with Crippen LogP contribution in [0.3, 0.4) is 0 Å². The molecule has 4 nitrogen and oxygen atoms in total. The SMILES string of the molecule is C[C@@H]1O[C@H](CO)[C@H](O)[C@@H]1O. The van der Waals surface area contributed by atoms with Gasteiger partial charge in [-0.05, 0) is 6.92 Å². The van der Waals surface area contributed by atoms with E-state index in [0.29, 0.717) is 0 Å². The van der Waals surface area contributed by atoms with Crippen LogP contribution in [0.2, 0.25) is 0 Å². The summed E-state index contributed by atoms with van der Waals surface area (Å²) >= 11 is 0. The molecule has 4 heteroatoms. The topological polar surface area (TPSA) is 69.9 Å². The van der Waals surface area contributed by atoms with Gasteiger partial charge in [-0.2, -0.15) is 0 Å². The van der Waals surface area contributed by atoms with Crippen molar-refractivity contribution in [2.45, 2.75) is 31.3 Å². The highest BCUT2D eigenvalue weighted by Gasteiger charge is 2.39. The van der Waals surface area contributed by atoms with Gasteiger partial charge in [0.15, 0.2) is 0 Å². The minimum Gasteiger partial charge on any atom is -0.394 e. The zero-order valence-electron chi connectivity index (χ0n) is 5.77. The van der Waals surface area contributed by atoms with E-state index in [1.807, 2.05) is 0 Å². The molecule has 10 heavy (non-hydrogen) atoms. The molecule has 0 bridgehead atoms. The second kappa shape index (κ2) is 2.84. The molecular formula is C6H12O4. The fourth-order valence-electron chi connectivity index (χ4n) is 1.09. The maximum absolute atomic E-state index is 9.09. The van der Waals surface area contributed by atoms with Crippen LogP contribution in [0.4, 0.5) is 0 Å². The lowest BCUT2D eigenvalue weighted by Gasteiger charge is -2.10. The van der Waals surface area contributed by atoms with Crippen LogP contribution in [-0.2, 0) is 4.74 Å². The zero-order valence-corrected chi connectivity index (χ0v) is 5.77. The summed E-state index contributed by atoms with van der Waals surface area (Å²) in [7, 11) is 0. The first kappa shape index (κ1) is 7.94. The van der Waals surface area contributed by atoms with Crippen LogP contribution in [0.25, 0.3) is 0 Å². The van der Waals surface area contributed by atoms with Gasteiger partial charge in [0, 0.05) is 0 Å². The van der Waals surface area contributed by atoms with Gasteiger partial charge in [-0.1, -0.05) is 0 Å². The molecule has 0 aromatic rings. The van der Waals surface area contributed by atoms with E-state index in [1.165, 1.54) is 0 Å². The zero-order chi connectivity index (χ0) is 7.72. The van der Waals surface area contributed by atoms with Crippen molar-refractivity contribution >= 4 is 0 Å². The number of hydrogen-bond donors (Lipinski definition) is 3. The number of ether oxygens (including phenoxy) is 1. The van der Waals surface area contributed by atoms with Gasteiger partial charge in [0.05, 0.1) is 12.7 Å². The fraction of sp³-hybridized carbons (Fsp3) is 1.00. The highest BCUT2D eigenvalue weighted by atomic mass is 16.5. The van der Waals surface area contributed by atoms with Crippen molar-refractivity contribution in [3.63, 3.8) is 0 Å². The van der Waals surface area contributed by atoms with Crippen LogP contribution < -0.4 is 0 Å². The van der Waals surface area contributed by atoms with Gasteiger partial charge in [-0.3, -0.25) is 0 Å². The molecule has 1 aliphatic heterocycles. The Morgan fingerprint density at radius 3 is 2.10 bits per heavy atom. The Morgan fingerprint density at radius 1 is 1.30 bits per heavy atom. The van der Waals surface area contributed by atoms with Crippen LogP contribution in [0, 0.1) is 0 Å². The first-order chi connectivity index (χ1) is 4.66. The molecule has 3 N–H and O–H groups in total. The maximum atomic E-state index is 9.09. The largest absolute Gasteiger partial charge is 0.394 e. The molecule has 0 radical (unpaired) electrons. The Labute approximate surface area is 59.1 Å². The maximum Gasteiger partial charge on any atom is 0.111 e. The van der Waals surface area contributed by atoms with Crippen LogP contribution >= 0.6 is 0 Å². The van der Waals surface area contributed by atoms with E-state index in [1.54, 1.807) is 6.92 Å². The molecule has 0 unspecified atom stereocenters. The molecule has 1 aliphatic rings. The lowest BCUT2D eigenvalue weighted by atomic mass is 10.1. The molecule has 0 aromatic heterocycles. The van der Waals surface area contributed by atoms with E-state index in [4.69, 9.17) is 20.1 Å². The smallest absolute Gasteiger partial charge is 0.111 e. The highest BCUT2D eigenvalue weighted by molar-refractivity contribution is 4.87. The van der Waals surface area contributed by atoms with Crippen LogP contribution in [0.5, 0.6) is 0 Å². The summed E-state index contributed by atoms with van der Waals surface area (Å²) in [5, 5.41) is 26.8. The minimum atomic E-state index is -0.944. The molecule has 60 valence electrons. The van der Waals surface area contributed by atoms with Crippen LogP contribution in [0.1, 0.15) is 6.92 Å². The second-order valence-electron chi connectivity index (χ2n) is 2.54. The first-order valence-electron chi connectivity index (χ1n) is 3.29. The summed E-state index contributed by atoms with van der Waals surface area (Å²) < 4.78 is 4.98. The van der Waals surface area contributed by atoms with E-state index in [-0.39, 0.29) is 12.7 Å². The molecule has 0 saturated carbocycles. The molecule has 0 spiro atoms. The van der Waals surface area contributed by atoms with E-state index in [2.05, 4.69) is 0 Å². The average Bonchev–Trinajstić information content (AvgIpc) is 2.17. The number of aliphatic hydroxyl groups is 3. The number of aliphatic hydroxyl groups excluding tert-OH is 3. The van der Waals surface area contributed by atoms with Gasteiger partial charge in [0.25, 0.3) is 0 Å². The van der Waals surface area contributed by atoms with Gasteiger partial charge in [0.1, 0.15) is 18.3 Å². The Hall–Kier alpha value is -0.160. The molecule has 1 saturated heterocycles. The summed E-state index contributed by atoms with van der Waals surface area (Å²) in [5.74, 6) is 0. The monoisotopic (exact) mass is 148 g/mol. The van der Waals surface area contributed by atoms with Crippen molar-refractivity contribution in [1.82, 2.24) is 0 Å². The predicted octanol–water partition coefficient (Wildman–Crippen LogP) is -1.51. The van der Waals surface area contributed by atoms with Gasteiger partial charge in [-0.25, -0.2) is 0 Å². The Balaban J connectivity index is 2.53. The first-order valence-corrected chi connectivity index (χ1v) is 3.29. The third-order valence-corrected chi connectivity index (χ3v) is 1.78. The molecule has 0 aliphatic carbocycles. The Kier molecular flexibility index (Phi) is 2.25. The summed E-state index contributed by atoms with van der Waals surface area (Å²) in [5.41, 5.74) is 0. The van der Waals surface area contributed by atoms with E-state index in [0.717, 1.165) is 0 Å². The standard InChI is InChI=1S/C6H12O4/c1-3-5(8)6(9)4(2-7)10-3/h3-9H,2H2,1H3/t3-,4+,5+,6-/m0/s1. The van der Waals surface area contributed by atoms with E-state index >= 15 is 0 Å². The van der Waals surface area contributed by atoms with Crippen LogP contribution in [0.15, 0.2) is 0 Å². The van der Waals surface area contributed by atoms with Crippen molar-refractivity contribution in [1.29, 1.82) is 0 Å². The van der Waals surface area contributed by atoms with E-state index in [9.17, 15) is 0 Å². The van der Waals surface area contributed by atoms with Crippen molar-refractivity contribution in [3.05, 3.63) is 0 Å². The summed E-state index contributed by atoms with van der Waals surface area (Å²) in [6.07, 6.45) is -2.81. The van der Waals surface area contributed by atoms with Crippen molar-refractivity contribution in [2.24, 2.45) is 0 Å². The lowest BCUT2D eigenvalue weighted by molar-refractivity contribution is -0.0171. The number of rotatable bonds is 1. The molecule has 1 heterocycles. The lowest BCUT2D eigenvalue weighted by Crippen LogP contribution is -2.33. The molecule has 1 fully saturated rings. The third-order valence-electron chi connectivity index (χ3n) is 1.78. The normalized spacial score (nSPS) is 48.0. The Bertz CT molecular complexity index is 116. The number of hydrogen-bond acceptors (Lipinski definition) is 4. The van der Waals surface area contributed by atoms with Gasteiger partial charge < -0.3 is 20.1 Å². The molecule has 4 atom stereocenters. The van der Waals surface area contributed by atoms with Crippen molar-refractivity contribution in [3.8, 4) is 0 Å². The van der Waals surface area contributed by atoms with Gasteiger partial charge in [-0.15, -0.1) is 0 Å². The summed E-state index contributed by atoms with van der Waals surface area (Å²) in [6.45, 7) is 1.41.